The highest BCUT2D eigenvalue weighted by atomic mass is 16.5. The lowest BCUT2D eigenvalue weighted by atomic mass is 10.0. The Hall–Kier alpha value is -2.33. The van der Waals surface area contributed by atoms with Gasteiger partial charge in [0.2, 0.25) is 5.91 Å². The fraction of sp³-hybridized carbons (Fsp3) is 0.409. The van der Waals surface area contributed by atoms with E-state index in [-0.39, 0.29) is 18.6 Å². The monoisotopic (exact) mass is 355 g/mol. The number of unbranched alkanes of at least 4 members (excludes halogenated alkanes) is 1. The van der Waals surface area contributed by atoms with E-state index in [1.807, 2.05) is 37.3 Å². The Kier molecular flexibility index (Phi) is 8.16. The Morgan fingerprint density at radius 1 is 1.12 bits per heavy atom. The Bertz CT molecular complexity index is 682. The number of hydrogen-bond acceptors (Lipinski definition) is 3. The number of carbonyl (C=O) groups excluding carboxylic acids is 1. The van der Waals surface area contributed by atoms with Gasteiger partial charge in [-0.3, -0.25) is 4.79 Å². The third kappa shape index (κ3) is 6.89. The molecule has 0 saturated heterocycles. The van der Waals surface area contributed by atoms with Crippen LogP contribution in [0.3, 0.4) is 0 Å². The minimum Gasteiger partial charge on any atom is -0.497 e. The van der Waals surface area contributed by atoms with E-state index in [1.54, 1.807) is 7.11 Å². The maximum atomic E-state index is 12.1. The number of rotatable bonds is 10. The van der Waals surface area contributed by atoms with Crippen molar-refractivity contribution in [3.8, 4) is 5.75 Å². The normalized spacial score (nSPS) is 11.8. The van der Waals surface area contributed by atoms with E-state index in [1.165, 1.54) is 11.1 Å². The number of ether oxygens (including phenoxy) is 1. The summed E-state index contributed by atoms with van der Waals surface area (Å²) in [4.78, 5) is 12.1. The molecule has 0 heterocycles. The van der Waals surface area contributed by atoms with Crippen molar-refractivity contribution in [1.29, 1.82) is 0 Å². The average Bonchev–Trinajstić information content (AvgIpc) is 2.65. The van der Waals surface area contributed by atoms with Crippen LogP contribution in [0.2, 0.25) is 0 Å². The number of aliphatic hydroxyl groups is 1. The SMILES string of the molecule is COc1ccc(CCCCC(=O)N[C@@H](CO)Cc2cccc(C)c2)cc1. The number of aryl methyl sites for hydroxylation is 2. The first-order chi connectivity index (χ1) is 12.6. The van der Waals surface area contributed by atoms with Crippen molar-refractivity contribution >= 4 is 5.91 Å². The van der Waals surface area contributed by atoms with Crippen molar-refractivity contribution in [2.45, 2.75) is 45.1 Å². The predicted octanol–water partition coefficient (Wildman–Crippen LogP) is 3.44. The van der Waals surface area contributed by atoms with Gasteiger partial charge in [-0.15, -0.1) is 0 Å². The molecule has 2 N–H and O–H groups in total. The van der Waals surface area contributed by atoms with Crippen LogP contribution in [0.15, 0.2) is 48.5 Å². The second kappa shape index (κ2) is 10.6. The number of methoxy groups -OCH3 is 1. The molecule has 1 atom stereocenters. The zero-order valence-electron chi connectivity index (χ0n) is 15.7. The molecule has 0 aromatic heterocycles. The van der Waals surface area contributed by atoms with Crippen molar-refractivity contribution in [3.63, 3.8) is 0 Å². The molecule has 4 heteroatoms. The lowest BCUT2D eigenvalue weighted by Crippen LogP contribution is -2.39. The van der Waals surface area contributed by atoms with Crippen molar-refractivity contribution < 1.29 is 14.6 Å². The van der Waals surface area contributed by atoms with Gasteiger partial charge in [0.25, 0.3) is 0 Å². The van der Waals surface area contributed by atoms with Crippen LogP contribution in [0.5, 0.6) is 5.75 Å². The van der Waals surface area contributed by atoms with Gasteiger partial charge in [0, 0.05) is 6.42 Å². The van der Waals surface area contributed by atoms with Gasteiger partial charge >= 0.3 is 0 Å². The lowest BCUT2D eigenvalue weighted by Gasteiger charge is -2.16. The van der Waals surface area contributed by atoms with Crippen LogP contribution in [0.4, 0.5) is 0 Å². The van der Waals surface area contributed by atoms with Crippen LogP contribution in [-0.4, -0.2) is 30.8 Å². The Labute approximate surface area is 156 Å². The Morgan fingerprint density at radius 2 is 1.88 bits per heavy atom. The minimum absolute atomic E-state index is 0.00596. The Balaban J connectivity index is 1.69. The third-order valence-corrected chi connectivity index (χ3v) is 4.43. The van der Waals surface area contributed by atoms with E-state index in [4.69, 9.17) is 4.74 Å². The fourth-order valence-corrected chi connectivity index (χ4v) is 2.99. The number of benzene rings is 2. The maximum absolute atomic E-state index is 12.1. The molecule has 26 heavy (non-hydrogen) atoms. The van der Waals surface area contributed by atoms with E-state index < -0.39 is 0 Å². The fourth-order valence-electron chi connectivity index (χ4n) is 2.99. The van der Waals surface area contributed by atoms with Crippen molar-refractivity contribution in [2.24, 2.45) is 0 Å². The summed E-state index contributed by atoms with van der Waals surface area (Å²) in [6.07, 6.45) is 3.88. The number of amides is 1. The number of nitrogens with one attached hydrogen (secondary N) is 1. The zero-order valence-corrected chi connectivity index (χ0v) is 15.7. The van der Waals surface area contributed by atoms with Gasteiger partial charge in [-0.2, -0.15) is 0 Å². The van der Waals surface area contributed by atoms with Gasteiger partial charge < -0.3 is 15.2 Å². The highest BCUT2D eigenvalue weighted by molar-refractivity contribution is 5.76. The first kappa shape index (κ1) is 20.0. The quantitative estimate of drug-likeness (QED) is 0.642. The standard InChI is InChI=1S/C22H29NO3/c1-17-6-5-8-19(14-17)15-20(16-24)23-22(25)9-4-3-7-18-10-12-21(26-2)13-11-18/h5-6,8,10-14,20,24H,3-4,7,9,15-16H2,1-2H3,(H,23,25)/t20-/m1/s1. The highest BCUT2D eigenvalue weighted by Crippen LogP contribution is 2.13. The van der Waals surface area contributed by atoms with Gasteiger partial charge in [0.05, 0.1) is 19.8 Å². The molecule has 0 saturated carbocycles. The van der Waals surface area contributed by atoms with Crippen molar-refractivity contribution in [2.75, 3.05) is 13.7 Å². The summed E-state index contributed by atoms with van der Waals surface area (Å²) in [5.41, 5.74) is 3.56. The second-order valence-corrected chi connectivity index (χ2v) is 6.70. The zero-order chi connectivity index (χ0) is 18.8. The highest BCUT2D eigenvalue weighted by Gasteiger charge is 2.12. The van der Waals surface area contributed by atoms with E-state index in [9.17, 15) is 9.90 Å². The summed E-state index contributed by atoms with van der Waals surface area (Å²) < 4.78 is 5.15. The molecule has 0 unspecified atom stereocenters. The molecule has 0 fully saturated rings. The molecule has 1 amide bonds. The Morgan fingerprint density at radius 3 is 2.54 bits per heavy atom. The van der Waals surface area contributed by atoms with Crippen LogP contribution in [-0.2, 0) is 17.6 Å². The smallest absolute Gasteiger partial charge is 0.220 e. The summed E-state index contributed by atoms with van der Waals surface area (Å²) in [5, 5.41) is 12.5. The molecule has 0 aliphatic rings. The molecule has 0 radical (unpaired) electrons. The number of hydrogen-bond donors (Lipinski definition) is 2. The molecular weight excluding hydrogens is 326 g/mol. The molecule has 0 bridgehead atoms. The van der Waals surface area contributed by atoms with Crippen LogP contribution in [0, 0.1) is 6.92 Å². The third-order valence-electron chi connectivity index (χ3n) is 4.43. The maximum Gasteiger partial charge on any atom is 0.220 e. The van der Waals surface area contributed by atoms with Crippen LogP contribution in [0.1, 0.15) is 36.0 Å². The van der Waals surface area contributed by atoms with E-state index >= 15 is 0 Å². The van der Waals surface area contributed by atoms with Crippen LogP contribution in [0.25, 0.3) is 0 Å². The predicted molar refractivity (Wildman–Crippen MR) is 104 cm³/mol. The molecular formula is C22H29NO3. The van der Waals surface area contributed by atoms with E-state index in [0.29, 0.717) is 12.8 Å². The van der Waals surface area contributed by atoms with Crippen LogP contribution < -0.4 is 10.1 Å². The molecule has 140 valence electrons. The largest absolute Gasteiger partial charge is 0.497 e. The minimum atomic E-state index is -0.231. The van der Waals surface area contributed by atoms with Crippen LogP contribution >= 0.6 is 0 Å². The van der Waals surface area contributed by atoms with Gasteiger partial charge in [-0.25, -0.2) is 0 Å². The van der Waals surface area contributed by atoms with E-state index in [2.05, 4.69) is 23.5 Å². The molecule has 2 aromatic rings. The van der Waals surface area contributed by atoms with E-state index in [0.717, 1.165) is 30.6 Å². The molecule has 0 aliphatic heterocycles. The number of carbonyl (C=O) groups is 1. The summed E-state index contributed by atoms with van der Waals surface area (Å²) in [6.45, 7) is 1.99. The second-order valence-electron chi connectivity index (χ2n) is 6.70. The lowest BCUT2D eigenvalue weighted by molar-refractivity contribution is -0.122. The first-order valence-corrected chi connectivity index (χ1v) is 9.19. The van der Waals surface area contributed by atoms with Gasteiger partial charge in [0.15, 0.2) is 0 Å². The van der Waals surface area contributed by atoms with Crippen molar-refractivity contribution in [1.82, 2.24) is 5.32 Å². The van der Waals surface area contributed by atoms with Gasteiger partial charge in [-0.05, 0) is 55.9 Å². The molecule has 2 rings (SSSR count). The van der Waals surface area contributed by atoms with Gasteiger partial charge in [-0.1, -0.05) is 42.0 Å². The first-order valence-electron chi connectivity index (χ1n) is 9.19. The molecule has 2 aromatic carbocycles. The van der Waals surface area contributed by atoms with Crippen molar-refractivity contribution in [3.05, 3.63) is 65.2 Å². The summed E-state index contributed by atoms with van der Waals surface area (Å²) in [6, 6.07) is 16.0. The topological polar surface area (TPSA) is 58.6 Å². The number of aliphatic hydroxyl groups excluding tert-OH is 1. The average molecular weight is 355 g/mol. The molecule has 0 aliphatic carbocycles. The molecule has 4 nitrogen and oxygen atoms in total. The summed E-state index contributed by atoms with van der Waals surface area (Å²) in [5.74, 6) is 0.864. The van der Waals surface area contributed by atoms with Gasteiger partial charge in [0.1, 0.15) is 5.75 Å². The summed E-state index contributed by atoms with van der Waals surface area (Å²) in [7, 11) is 1.66. The summed E-state index contributed by atoms with van der Waals surface area (Å²) >= 11 is 0. The molecule has 0 spiro atoms.